The van der Waals surface area contributed by atoms with Gasteiger partial charge >= 0.3 is 0 Å². The molecule has 0 aliphatic heterocycles. The quantitative estimate of drug-likeness (QED) is 0.706. The molecule has 0 radical (unpaired) electrons. The molecule has 3 aromatic rings. The van der Waals surface area contributed by atoms with Gasteiger partial charge in [0, 0.05) is 0 Å². The average molecular weight is 325 g/mol. The van der Waals surface area contributed by atoms with E-state index in [9.17, 15) is 4.79 Å². The van der Waals surface area contributed by atoms with Gasteiger partial charge in [0.25, 0.3) is 0 Å². The number of carbonyl (C=O) groups is 1. The summed E-state index contributed by atoms with van der Waals surface area (Å²) in [5.41, 5.74) is 1.05. The number of rotatable bonds is 6. The largest absolute Gasteiger partial charge is 0.458 e. The lowest BCUT2D eigenvalue weighted by Crippen LogP contribution is -2.28. The molecule has 1 unspecified atom stereocenters. The lowest BCUT2D eigenvalue weighted by atomic mass is 9.96. The van der Waals surface area contributed by atoms with Crippen LogP contribution in [0.1, 0.15) is 30.6 Å². The summed E-state index contributed by atoms with van der Waals surface area (Å²) in [7, 11) is 0. The molecule has 0 saturated heterocycles. The van der Waals surface area contributed by atoms with Gasteiger partial charge in [0.2, 0.25) is 5.91 Å². The lowest BCUT2D eigenvalue weighted by Gasteiger charge is -2.14. The third-order valence-corrected chi connectivity index (χ3v) is 4.67. The summed E-state index contributed by atoms with van der Waals surface area (Å²) >= 11 is 1.64. The Kier molecular flexibility index (Phi) is 4.93. The van der Waals surface area contributed by atoms with Crippen LogP contribution in [0, 0.1) is 0 Å². The maximum absolute atomic E-state index is 12.4. The highest BCUT2D eigenvalue weighted by Gasteiger charge is 2.18. The van der Waals surface area contributed by atoms with Crippen molar-refractivity contribution in [2.75, 3.05) is 0 Å². The number of benzene rings is 1. The first-order valence-corrected chi connectivity index (χ1v) is 8.61. The van der Waals surface area contributed by atoms with Crippen LogP contribution in [0.4, 0.5) is 0 Å². The second-order valence-electron chi connectivity index (χ2n) is 5.33. The minimum absolute atomic E-state index is 0.0350. The van der Waals surface area contributed by atoms with Gasteiger partial charge in [0.05, 0.1) is 17.3 Å². The van der Waals surface area contributed by atoms with Gasteiger partial charge in [-0.25, -0.2) is 0 Å². The van der Waals surface area contributed by atoms with E-state index in [4.69, 9.17) is 4.42 Å². The molecule has 1 amide bonds. The SMILES string of the molecule is CCC(C(=O)NCc1ccc(-c2cccs2)o1)c1ccccc1. The predicted molar refractivity (Wildman–Crippen MR) is 93.3 cm³/mol. The molecular weight excluding hydrogens is 306 g/mol. The molecule has 23 heavy (non-hydrogen) atoms. The Labute approximate surface area is 140 Å². The van der Waals surface area contributed by atoms with Crippen LogP contribution in [-0.4, -0.2) is 5.91 Å². The Morgan fingerprint density at radius 1 is 1.13 bits per heavy atom. The monoisotopic (exact) mass is 325 g/mol. The predicted octanol–water partition coefficient (Wildman–Crippen LogP) is 4.82. The van der Waals surface area contributed by atoms with E-state index in [-0.39, 0.29) is 11.8 Å². The molecule has 2 heterocycles. The van der Waals surface area contributed by atoms with Crippen LogP contribution >= 0.6 is 11.3 Å². The summed E-state index contributed by atoms with van der Waals surface area (Å²) in [5, 5.41) is 5.00. The van der Waals surface area contributed by atoms with Gasteiger partial charge in [-0.3, -0.25) is 4.79 Å². The highest BCUT2D eigenvalue weighted by atomic mass is 32.1. The zero-order valence-electron chi connectivity index (χ0n) is 13.0. The first-order valence-electron chi connectivity index (χ1n) is 7.73. The molecule has 0 saturated carbocycles. The summed E-state index contributed by atoms with van der Waals surface area (Å²) in [6.45, 7) is 2.44. The Hall–Kier alpha value is -2.33. The Balaban J connectivity index is 1.62. The third kappa shape index (κ3) is 3.71. The van der Waals surface area contributed by atoms with E-state index in [2.05, 4.69) is 5.32 Å². The molecule has 0 aliphatic rings. The van der Waals surface area contributed by atoms with Crippen molar-refractivity contribution >= 4 is 17.2 Å². The summed E-state index contributed by atoms with van der Waals surface area (Å²) < 4.78 is 5.79. The second-order valence-corrected chi connectivity index (χ2v) is 6.28. The number of amides is 1. The molecule has 1 atom stereocenters. The molecule has 1 N–H and O–H groups in total. The molecule has 0 spiro atoms. The van der Waals surface area contributed by atoms with Crippen LogP contribution in [0.15, 0.2) is 64.4 Å². The number of nitrogens with one attached hydrogen (secondary N) is 1. The fourth-order valence-corrected chi connectivity index (χ4v) is 3.27. The highest BCUT2D eigenvalue weighted by Crippen LogP contribution is 2.26. The Morgan fingerprint density at radius 2 is 1.96 bits per heavy atom. The Morgan fingerprint density at radius 3 is 2.65 bits per heavy atom. The van der Waals surface area contributed by atoms with Crippen LogP contribution in [0.3, 0.4) is 0 Å². The van der Waals surface area contributed by atoms with Crippen molar-refractivity contribution in [1.29, 1.82) is 0 Å². The van der Waals surface area contributed by atoms with E-state index in [0.29, 0.717) is 6.54 Å². The maximum atomic E-state index is 12.4. The van der Waals surface area contributed by atoms with Crippen LogP contribution in [0.5, 0.6) is 0 Å². The normalized spacial score (nSPS) is 12.0. The van der Waals surface area contributed by atoms with E-state index in [0.717, 1.165) is 28.4 Å². The average Bonchev–Trinajstić information content (AvgIpc) is 3.26. The van der Waals surface area contributed by atoms with Crippen LogP contribution in [0.2, 0.25) is 0 Å². The molecule has 1 aromatic carbocycles. The zero-order valence-corrected chi connectivity index (χ0v) is 13.8. The van der Waals surface area contributed by atoms with Crippen molar-refractivity contribution in [2.24, 2.45) is 0 Å². The minimum atomic E-state index is -0.122. The van der Waals surface area contributed by atoms with Gasteiger partial charge < -0.3 is 9.73 Å². The van der Waals surface area contributed by atoms with Crippen molar-refractivity contribution in [3.8, 4) is 10.6 Å². The van der Waals surface area contributed by atoms with Crippen LogP contribution in [-0.2, 0) is 11.3 Å². The third-order valence-electron chi connectivity index (χ3n) is 3.79. The molecule has 118 valence electrons. The molecule has 0 aliphatic carbocycles. The lowest BCUT2D eigenvalue weighted by molar-refractivity contribution is -0.122. The van der Waals surface area contributed by atoms with Gasteiger partial charge in [0.1, 0.15) is 11.5 Å². The van der Waals surface area contributed by atoms with Crippen molar-refractivity contribution in [1.82, 2.24) is 5.32 Å². The van der Waals surface area contributed by atoms with Crippen molar-refractivity contribution in [2.45, 2.75) is 25.8 Å². The number of furan rings is 1. The van der Waals surface area contributed by atoms with Crippen molar-refractivity contribution < 1.29 is 9.21 Å². The fourth-order valence-electron chi connectivity index (χ4n) is 2.58. The van der Waals surface area contributed by atoms with Gasteiger partial charge in [-0.2, -0.15) is 0 Å². The first kappa shape index (κ1) is 15.6. The summed E-state index contributed by atoms with van der Waals surface area (Å²) in [6, 6.07) is 17.8. The number of carbonyl (C=O) groups excluding carboxylic acids is 1. The summed E-state index contributed by atoms with van der Waals surface area (Å²) in [4.78, 5) is 13.5. The smallest absolute Gasteiger partial charge is 0.227 e. The van der Waals surface area contributed by atoms with Crippen molar-refractivity contribution in [3.63, 3.8) is 0 Å². The van der Waals surface area contributed by atoms with Crippen LogP contribution < -0.4 is 5.32 Å². The number of hydrogen-bond acceptors (Lipinski definition) is 3. The molecular formula is C19H19NO2S. The Bertz CT molecular complexity index is 747. The molecule has 2 aromatic heterocycles. The van der Waals surface area contributed by atoms with Crippen molar-refractivity contribution in [3.05, 3.63) is 71.3 Å². The summed E-state index contributed by atoms with van der Waals surface area (Å²) in [6.07, 6.45) is 0.772. The molecule has 3 rings (SSSR count). The van der Waals surface area contributed by atoms with Crippen LogP contribution in [0.25, 0.3) is 10.6 Å². The molecule has 0 bridgehead atoms. The van der Waals surface area contributed by atoms with Gasteiger partial charge in [-0.15, -0.1) is 11.3 Å². The number of thiophene rings is 1. The van der Waals surface area contributed by atoms with E-state index in [1.54, 1.807) is 11.3 Å². The minimum Gasteiger partial charge on any atom is -0.458 e. The topological polar surface area (TPSA) is 42.2 Å². The maximum Gasteiger partial charge on any atom is 0.227 e. The number of hydrogen-bond donors (Lipinski definition) is 1. The van der Waals surface area contributed by atoms with E-state index in [1.807, 2.05) is 66.9 Å². The summed E-state index contributed by atoms with van der Waals surface area (Å²) in [5.74, 6) is 1.53. The van der Waals surface area contributed by atoms with E-state index < -0.39 is 0 Å². The molecule has 4 heteroatoms. The molecule has 3 nitrogen and oxygen atoms in total. The second kappa shape index (κ2) is 7.29. The zero-order chi connectivity index (χ0) is 16.1. The van der Waals surface area contributed by atoms with E-state index >= 15 is 0 Å². The van der Waals surface area contributed by atoms with Gasteiger partial charge in [-0.05, 0) is 35.6 Å². The van der Waals surface area contributed by atoms with Gasteiger partial charge in [-0.1, -0.05) is 43.3 Å². The first-order chi connectivity index (χ1) is 11.3. The highest BCUT2D eigenvalue weighted by molar-refractivity contribution is 7.13. The standard InChI is InChI=1S/C19H19NO2S/c1-2-16(14-7-4-3-5-8-14)19(21)20-13-15-10-11-17(22-15)18-9-6-12-23-18/h3-12,16H,2,13H2,1H3,(H,20,21). The van der Waals surface area contributed by atoms with Gasteiger partial charge in [0.15, 0.2) is 0 Å². The molecule has 0 fully saturated rings. The fraction of sp³-hybridized carbons (Fsp3) is 0.211. The van der Waals surface area contributed by atoms with E-state index in [1.165, 1.54) is 0 Å².